The van der Waals surface area contributed by atoms with E-state index >= 15 is 0 Å². The van der Waals surface area contributed by atoms with Crippen LogP contribution >= 0.6 is 11.8 Å². The summed E-state index contributed by atoms with van der Waals surface area (Å²) in [5, 5.41) is 0.223. The lowest BCUT2D eigenvalue weighted by molar-refractivity contribution is -0.110. The first-order valence-corrected chi connectivity index (χ1v) is 5.07. The molecule has 12 heavy (non-hydrogen) atoms. The molecule has 1 aromatic rings. The summed E-state index contributed by atoms with van der Waals surface area (Å²) >= 11 is 1.29. The Labute approximate surface area is 77.2 Å². The number of thioether (sulfide) groups is 1. The predicted molar refractivity (Wildman–Crippen MR) is 53.4 cm³/mol. The van der Waals surface area contributed by atoms with Crippen LogP contribution in [-0.4, -0.2) is 11.4 Å². The van der Waals surface area contributed by atoms with Crippen molar-refractivity contribution >= 4 is 16.9 Å². The minimum atomic E-state index is 0.223. The SMILES string of the molecule is CSC(=O)Cc1cccc(C)c1. The van der Waals surface area contributed by atoms with Gasteiger partial charge in [0.15, 0.2) is 5.12 Å². The zero-order chi connectivity index (χ0) is 8.97. The molecule has 0 unspecified atom stereocenters. The molecule has 0 spiro atoms. The quantitative estimate of drug-likeness (QED) is 0.695. The Hall–Kier alpha value is -0.760. The number of hydrogen-bond donors (Lipinski definition) is 0. The third-order valence-electron chi connectivity index (χ3n) is 1.66. The molecule has 0 saturated carbocycles. The first-order valence-electron chi connectivity index (χ1n) is 3.84. The Kier molecular flexibility index (Phi) is 3.35. The summed E-state index contributed by atoms with van der Waals surface area (Å²) in [6, 6.07) is 8.06. The zero-order valence-electron chi connectivity index (χ0n) is 7.33. The molecule has 0 aromatic heterocycles. The van der Waals surface area contributed by atoms with Crippen molar-refractivity contribution in [3.05, 3.63) is 35.4 Å². The van der Waals surface area contributed by atoms with Crippen molar-refractivity contribution in [2.45, 2.75) is 13.3 Å². The zero-order valence-corrected chi connectivity index (χ0v) is 8.15. The van der Waals surface area contributed by atoms with Gasteiger partial charge in [0.2, 0.25) is 0 Å². The van der Waals surface area contributed by atoms with Crippen LogP contribution in [0.15, 0.2) is 24.3 Å². The van der Waals surface area contributed by atoms with Crippen molar-refractivity contribution < 1.29 is 4.79 Å². The largest absolute Gasteiger partial charge is 0.287 e. The molecule has 1 nitrogen and oxygen atoms in total. The van der Waals surface area contributed by atoms with Gasteiger partial charge in [-0.3, -0.25) is 4.79 Å². The molecule has 0 heterocycles. The van der Waals surface area contributed by atoms with E-state index in [1.165, 1.54) is 17.3 Å². The summed E-state index contributed by atoms with van der Waals surface area (Å²) in [6.45, 7) is 2.03. The maximum atomic E-state index is 11.1. The maximum absolute atomic E-state index is 11.1. The van der Waals surface area contributed by atoms with E-state index in [1.54, 1.807) is 0 Å². The fourth-order valence-corrected chi connectivity index (χ4v) is 1.37. The second kappa shape index (κ2) is 4.31. The first kappa shape index (κ1) is 9.33. The van der Waals surface area contributed by atoms with Crippen molar-refractivity contribution in [2.24, 2.45) is 0 Å². The molecule has 0 fully saturated rings. The fraction of sp³-hybridized carbons (Fsp3) is 0.300. The molecule has 0 N–H and O–H groups in total. The second-order valence-corrected chi connectivity index (χ2v) is 3.61. The highest BCUT2D eigenvalue weighted by Gasteiger charge is 2.00. The van der Waals surface area contributed by atoms with Gasteiger partial charge in [0.05, 0.1) is 0 Å². The number of carbonyl (C=O) groups excluding carboxylic acids is 1. The molecule has 0 aliphatic heterocycles. The minimum absolute atomic E-state index is 0.223. The third kappa shape index (κ3) is 2.70. The summed E-state index contributed by atoms with van der Waals surface area (Å²) in [5.41, 5.74) is 2.32. The number of aryl methyl sites for hydroxylation is 1. The average molecular weight is 180 g/mol. The predicted octanol–water partition coefficient (Wildman–Crippen LogP) is 2.43. The van der Waals surface area contributed by atoms with Gasteiger partial charge in [0, 0.05) is 6.42 Å². The Balaban J connectivity index is 2.69. The number of rotatable bonds is 2. The summed E-state index contributed by atoms with van der Waals surface area (Å²) in [4.78, 5) is 11.1. The molecule has 0 aliphatic rings. The maximum Gasteiger partial charge on any atom is 0.193 e. The van der Waals surface area contributed by atoms with Crippen LogP contribution in [0.5, 0.6) is 0 Å². The highest BCUT2D eigenvalue weighted by molar-refractivity contribution is 8.13. The fourth-order valence-electron chi connectivity index (χ4n) is 1.06. The van der Waals surface area contributed by atoms with Gasteiger partial charge in [-0.25, -0.2) is 0 Å². The molecule has 2 heteroatoms. The second-order valence-electron chi connectivity index (χ2n) is 2.74. The number of carbonyl (C=O) groups is 1. The van der Waals surface area contributed by atoms with Gasteiger partial charge in [-0.15, -0.1) is 0 Å². The summed E-state index contributed by atoms with van der Waals surface area (Å²) in [6.07, 6.45) is 2.36. The summed E-state index contributed by atoms with van der Waals surface area (Å²) in [5.74, 6) is 0. The lowest BCUT2D eigenvalue weighted by Crippen LogP contribution is -1.96. The van der Waals surface area contributed by atoms with E-state index in [0.29, 0.717) is 6.42 Å². The van der Waals surface area contributed by atoms with Crippen LogP contribution in [-0.2, 0) is 11.2 Å². The molecule has 0 saturated heterocycles. The Bertz CT molecular complexity index is 281. The average Bonchev–Trinajstić information content (AvgIpc) is 2.04. The molecule has 0 radical (unpaired) electrons. The van der Waals surface area contributed by atoms with Crippen LogP contribution in [0.2, 0.25) is 0 Å². The van der Waals surface area contributed by atoms with Crippen molar-refractivity contribution in [3.8, 4) is 0 Å². The Morgan fingerprint density at radius 3 is 2.83 bits per heavy atom. The molecule has 0 bridgehead atoms. The van der Waals surface area contributed by atoms with Gasteiger partial charge in [-0.2, -0.15) is 0 Å². The molecule has 0 aliphatic carbocycles. The minimum Gasteiger partial charge on any atom is -0.287 e. The van der Waals surface area contributed by atoms with E-state index < -0.39 is 0 Å². The topological polar surface area (TPSA) is 17.1 Å². The highest BCUT2D eigenvalue weighted by Crippen LogP contribution is 2.08. The smallest absolute Gasteiger partial charge is 0.193 e. The van der Waals surface area contributed by atoms with Gasteiger partial charge in [-0.1, -0.05) is 41.6 Å². The standard InChI is InChI=1S/C10H12OS/c1-8-4-3-5-9(6-8)7-10(11)12-2/h3-6H,7H2,1-2H3. The van der Waals surface area contributed by atoms with Crippen molar-refractivity contribution in [2.75, 3.05) is 6.26 Å². The molecule has 1 rings (SSSR count). The van der Waals surface area contributed by atoms with Gasteiger partial charge in [-0.05, 0) is 18.7 Å². The van der Waals surface area contributed by atoms with Crippen LogP contribution in [0.25, 0.3) is 0 Å². The van der Waals surface area contributed by atoms with Crippen molar-refractivity contribution in [3.63, 3.8) is 0 Å². The summed E-state index contributed by atoms with van der Waals surface area (Å²) in [7, 11) is 0. The Morgan fingerprint density at radius 2 is 2.25 bits per heavy atom. The lowest BCUT2D eigenvalue weighted by Gasteiger charge is -1.99. The lowest BCUT2D eigenvalue weighted by atomic mass is 10.1. The first-order chi connectivity index (χ1) is 5.72. The van der Waals surface area contributed by atoms with E-state index in [1.807, 2.05) is 37.4 Å². The van der Waals surface area contributed by atoms with Gasteiger partial charge in [0.1, 0.15) is 0 Å². The Morgan fingerprint density at radius 1 is 1.50 bits per heavy atom. The van der Waals surface area contributed by atoms with Crippen LogP contribution in [0, 0.1) is 6.92 Å². The number of benzene rings is 1. The normalized spacial score (nSPS) is 9.83. The van der Waals surface area contributed by atoms with Crippen LogP contribution in [0.1, 0.15) is 11.1 Å². The van der Waals surface area contributed by atoms with E-state index in [4.69, 9.17) is 0 Å². The van der Waals surface area contributed by atoms with Crippen LogP contribution < -0.4 is 0 Å². The molecule has 0 atom stereocenters. The van der Waals surface area contributed by atoms with Crippen LogP contribution in [0.3, 0.4) is 0 Å². The van der Waals surface area contributed by atoms with E-state index in [2.05, 4.69) is 0 Å². The molecule has 1 aromatic carbocycles. The van der Waals surface area contributed by atoms with Gasteiger partial charge in [0.25, 0.3) is 0 Å². The van der Waals surface area contributed by atoms with Gasteiger partial charge < -0.3 is 0 Å². The van der Waals surface area contributed by atoms with E-state index in [-0.39, 0.29) is 5.12 Å². The van der Waals surface area contributed by atoms with Gasteiger partial charge >= 0.3 is 0 Å². The molecular weight excluding hydrogens is 168 g/mol. The van der Waals surface area contributed by atoms with Crippen molar-refractivity contribution in [1.82, 2.24) is 0 Å². The molecule has 0 amide bonds. The van der Waals surface area contributed by atoms with Crippen molar-refractivity contribution in [1.29, 1.82) is 0 Å². The number of hydrogen-bond acceptors (Lipinski definition) is 2. The van der Waals surface area contributed by atoms with E-state index in [9.17, 15) is 4.79 Å². The summed E-state index contributed by atoms with van der Waals surface area (Å²) < 4.78 is 0. The van der Waals surface area contributed by atoms with E-state index in [0.717, 1.165) is 5.56 Å². The highest BCUT2D eigenvalue weighted by atomic mass is 32.2. The monoisotopic (exact) mass is 180 g/mol. The molecule has 64 valence electrons. The third-order valence-corrected chi connectivity index (χ3v) is 2.26. The van der Waals surface area contributed by atoms with Crippen LogP contribution in [0.4, 0.5) is 0 Å². The molecular formula is C10H12OS.